The third kappa shape index (κ3) is 3.45. The minimum atomic E-state index is 0.00414. The largest absolute Gasteiger partial charge is 0.438 e. The Balaban J connectivity index is 1.38. The van der Waals surface area contributed by atoms with Gasteiger partial charge in [-0.3, -0.25) is 4.79 Å². The molecule has 1 N–H and O–H groups in total. The van der Waals surface area contributed by atoms with Crippen LogP contribution in [-0.4, -0.2) is 41.5 Å². The molecule has 1 aromatic carbocycles. The zero-order chi connectivity index (χ0) is 16.5. The van der Waals surface area contributed by atoms with Gasteiger partial charge in [0, 0.05) is 23.0 Å². The van der Waals surface area contributed by atoms with Crippen LogP contribution in [0.1, 0.15) is 23.2 Å². The van der Waals surface area contributed by atoms with E-state index in [1.165, 1.54) is 44.0 Å². The molecule has 24 heavy (non-hydrogen) atoms. The number of hydrogen-bond acceptors (Lipinski definition) is 5. The molecule has 3 fully saturated rings. The lowest BCUT2D eigenvalue weighted by atomic mass is 9.84. The SMILES string of the molecule is O=C(NC1CN2CCC1CC2)c1ccc(Sc2nc(Cl)co2)cc1. The number of piperidine rings is 3. The van der Waals surface area contributed by atoms with Gasteiger partial charge in [0.15, 0.2) is 5.15 Å². The number of carbonyl (C=O) groups excluding carboxylic acids is 1. The zero-order valence-electron chi connectivity index (χ0n) is 13.1. The van der Waals surface area contributed by atoms with E-state index in [1.54, 1.807) is 0 Å². The predicted molar refractivity (Wildman–Crippen MR) is 92.5 cm³/mol. The molecule has 126 valence electrons. The van der Waals surface area contributed by atoms with Gasteiger partial charge in [0.25, 0.3) is 11.1 Å². The van der Waals surface area contributed by atoms with E-state index >= 15 is 0 Å². The van der Waals surface area contributed by atoms with Crippen LogP contribution in [0, 0.1) is 5.92 Å². The van der Waals surface area contributed by atoms with Gasteiger partial charge in [-0.25, -0.2) is 0 Å². The van der Waals surface area contributed by atoms with Gasteiger partial charge in [-0.15, -0.1) is 0 Å². The highest BCUT2D eigenvalue weighted by atomic mass is 35.5. The van der Waals surface area contributed by atoms with Crippen LogP contribution in [0.15, 0.2) is 45.1 Å². The molecule has 3 saturated heterocycles. The third-order valence-corrected chi connectivity index (χ3v) is 5.79. The summed E-state index contributed by atoms with van der Waals surface area (Å²) < 4.78 is 5.21. The number of fused-ring (bicyclic) bond motifs is 3. The summed E-state index contributed by atoms with van der Waals surface area (Å²) in [5.74, 6) is 0.632. The number of benzene rings is 1. The van der Waals surface area contributed by atoms with Crippen molar-refractivity contribution in [1.29, 1.82) is 0 Å². The highest BCUT2D eigenvalue weighted by molar-refractivity contribution is 7.99. The third-order valence-electron chi connectivity index (χ3n) is 4.75. The van der Waals surface area contributed by atoms with E-state index in [-0.39, 0.29) is 11.9 Å². The molecule has 1 aromatic heterocycles. The summed E-state index contributed by atoms with van der Waals surface area (Å²) in [5.41, 5.74) is 0.682. The first-order valence-electron chi connectivity index (χ1n) is 8.09. The predicted octanol–water partition coefficient (Wildman–Crippen LogP) is 3.30. The number of nitrogens with zero attached hydrogens (tertiary/aromatic N) is 2. The van der Waals surface area contributed by atoms with E-state index in [1.807, 2.05) is 24.3 Å². The Bertz CT molecular complexity index is 726. The van der Waals surface area contributed by atoms with Crippen molar-refractivity contribution in [3.8, 4) is 0 Å². The number of halogens is 1. The number of amides is 1. The second-order valence-electron chi connectivity index (χ2n) is 6.28. The van der Waals surface area contributed by atoms with E-state index in [2.05, 4.69) is 15.2 Å². The smallest absolute Gasteiger partial charge is 0.261 e. The molecule has 0 aliphatic carbocycles. The normalized spacial score (nSPS) is 25.6. The van der Waals surface area contributed by atoms with Crippen molar-refractivity contribution in [2.45, 2.75) is 29.0 Å². The summed E-state index contributed by atoms with van der Waals surface area (Å²) in [4.78, 5) is 19.9. The van der Waals surface area contributed by atoms with E-state index in [0.29, 0.717) is 21.9 Å². The molecule has 2 bridgehead atoms. The fraction of sp³-hybridized carbons (Fsp3) is 0.412. The molecule has 7 heteroatoms. The van der Waals surface area contributed by atoms with E-state index < -0.39 is 0 Å². The van der Waals surface area contributed by atoms with Crippen molar-refractivity contribution in [3.63, 3.8) is 0 Å². The Morgan fingerprint density at radius 1 is 1.29 bits per heavy atom. The quantitative estimate of drug-likeness (QED) is 0.903. The minimum Gasteiger partial charge on any atom is -0.438 e. The van der Waals surface area contributed by atoms with E-state index in [0.717, 1.165) is 11.4 Å². The maximum atomic E-state index is 12.5. The minimum absolute atomic E-state index is 0.00414. The van der Waals surface area contributed by atoms with Gasteiger partial charge in [-0.2, -0.15) is 4.98 Å². The summed E-state index contributed by atoms with van der Waals surface area (Å²) in [6.45, 7) is 3.33. The number of rotatable bonds is 4. The van der Waals surface area contributed by atoms with E-state index in [9.17, 15) is 4.79 Å². The van der Waals surface area contributed by atoms with Crippen molar-refractivity contribution in [1.82, 2.24) is 15.2 Å². The highest BCUT2D eigenvalue weighted by Gasteiger charge is 2.34. The van der Waals surface area contributed by atoms with Crippen molar-refractivity contribution in [3.05, 3.63) is 41.2 Å². The molecule has 0 radical (unpaired) electrons. The molecule has 2 aromatic rings. The fourth-order valence-corrected chi connectivity index (χ4v) is 4.33. The number of carbonyl (C=O) groups is 1. The average Bonchev–Trinajstić information content (AvgIpc) is 3.01. The fourth-order valence-electron chi connectivity index (χ4n) is 3.44. The lowest BCUT2D eigenvalue weighted by molar-refractivity contribution is 0.0620. The summed E-state index contributed by atoms with van der Waals surface area (Å²) in [7, 11) is 0. The molecule has 1 amide bonds. The van der Waals surface area contributed by atoms with Gasteiger partial charge in [0.05, 0.1) is 0 Å². The average molecular weight is 364 g/mol. The topological polar surface area (TPSA) is 58.4 Å². The molecular formula is C17H18ClN3O2S. The molecular weight excluding hydrogens is 346 g/mol. The van der Waals surface area contributed by atoms with Crippen molar-refractivity contribution < 1.29 is 9.21 Å². The van der Waals surface area contributed by atoms with Gasteiger partial charge in [0.2, 0.25) is 0 Å². The molecule has 5 rings (SSSR count). The Labute approximate surface area is 149 Å². The molecule has 0 saturated carbocycles. The molecule has 3 aliphatic heterocycles. The lowest BCUT2D eigenvalue weighted by Crippen LogP contribution is -2.57. The maximum absolute atomic E-state index is 12.5. The Morgan fingerprint density at radius 3 is 2.62 bits per heavy atom. The number of hydrogen-bond donors (Lipinski definition) is 1. The van der Waals surface area contributed by atoms with Crippen molar-refractivity contribution in [2.24, 2.45) is 5.92 Å². The van der Waals surface area contributed by atoms with Crippen LogP contribution >= 0.6 is 23.4 Å². The van der Waals surface area contributed by atoms with Crippen LogP contribution in [0.3, 0.4) is 0 Å². The summed E-state index contributed by atoms with van der Waals surface area (Å²) >= 11 is 7.11. The first-order valence-corrected chi connectivity index (χ1v) is 9.29. The van der Waals surface area contributed by atoms with Gasteiger partial charge in [-0.05, 0) is 67.9 Å². The molecule has 4 heterocycles. The summed E-state index contributed by atoms with van der Waals surface area (Å²) in [6, 6.07) is 7.75. The van der Waals surface area contributed by atoms with Gasteiger partial charge < -0.3 is 14.6 Å². The first kappa shape index (κ1) is 16.0. The molecule has 1 unspecified atom stereocenters. The Morgan fingerprint density at radius 2 is 2.04 bits per heavy atom. The van der Waals surface area contributed by atoms with Crippen LogP contribution < -0.4 is 5.32 Å². The number of nitrogens with one attached hydrogen (secondary N) is 1. The first-order chi connectivity index (χ1) is 11.7. The van der Waals surface area contributed by atoms with Crippen LogP contribution in [0.25, 0.3) is 0 Å². The van der Waals surface area contributed by atoms with Gasteiger partial charge in [0.1, 0.15) is 6.26 Å². The van der Waals surface area contributed by atoms with Crippen LogP contribution in [-0.2, 0) is 0 Å². The van der Waals surface area contributed by atoms with Gasteiger partial charge in [-0.1, -0.05) is 11.6 Å². The number of oxazole rings is 1. The number of aromatic nitrogens is 1. The van der Waals surface area contributed by atoms with Gasteiger partial charge >= 0.3 is 0 Å². The van der Waals surface area contributed by atoms with Crippen LogP contribution in [0.2, 0.25) is 5.15 Å². The summed E-state index contributed by atoms with van der Waals surface area (Å²) in [5, 5.41) is 4.03. The van der Waals surface area contributed by atoms with Crippen LogP contribution in [0.5, 0.6) is 0 Å². The summed E-state index contributed by atoms with van der Waals surface area (Å²) in [6.07, 6.45) is 3.79. The van der Waals surface area contributed by atoms with Crippen LogP contribution in [0.4, 0.5) is 0 Å². The monoisotopic (exact) mass is 363 g/mol. The standard InChI is InChI=1S/C17H18ClN3O2S/c18-15-10-23-17(20-15)24-13-3-1-12(2-4-13)16(22)19-14-9-21-7-5-11(14)6-8-21/h1-4,10-11,14H,5-9H2,(H,19,22). The zero-order valence-corrected chi connectivity index (χ0v) is 14.6. The molecule has 1 atom stereocenters. The maximum Gasteiger partial charge on any atom is 0.261 e. The van der Waals surface area contributed by atoms with Crippen molar-refractivity contribution >= 4 is 29.3 Å². The second-order valence-corrected chi connectivity index (χ2v) is 7.69. The molecule has 0 spiro atoms. The Hall–Kier alpha value is -1.50. The second kappa shape index (κ2) is 6.78. The van der Waals surface area contributed by atoms with E-state index in [4.69, 9.17) is 16.0 Å². The lowest BCUT2D eigenvalue weighted by Gasteiger charge is -2.44. The van der Waals surface area contributed by atoms with Crippen molar-refractivity contribution in [2.75, 3.05) is 19.6 Å². The highest BCUT2D eigenvalue weighted by Crippen LogP contribution is 2.29. The molecule has 3 aliphatic rings. The Kier molecular flexibility index (Phi) is 4.52. The molecule has 5 nitrogen and oxygen atoms in total.